The Labute approximate surface area is 154 Å². The van der Waals surface area contributed by atoms with E-state index in [9.17, 15) is 9.59 Å². The van der Waals surface area contributed by atoms with E-state index in [2.05, 4.69) is 17.2 Å². The lowest BCUT2D eigenvalue weighted by Crippen LogP contribution is -2.25. The molecule has 0 saturated carbocycles. The highest BCUT2D eigenvalue weighted by Crippen LogP contribution is 2.29. The van der Waals surface area contributed by atoms with Gasteiger partial charge in [0.1, 0.15) is 11.3 Å². The van der Waals surface area contributed by atoms with Crippen LogP contribution in [-0.2, 0) is 9.47 Å². The Hall–Kier alpha value is -2.50. The monoisotopic (exact) mass is 360 g/mol. The van der Waals surface area contributed by atoms with E-state index in [0.29, 0.717) is 12.3 Å². The minimum absolute atomic E-state index is 0.212. The van der Waals surface area contributed by atoms with E-state index < -0.39 is 17.7 Å². The number of amides is 1. The lowest BCUT2D eigenvalue weighted by Gasteiger charge is -2.19. The smallest absolute Gasteiger partial charge is 0.411 e. The third-order valence-electron chi connectivity index (χ3n) is 3.77. The summed E-state index contributed by atoms with van der Waals surface area (Å²) in [6, 6.07) is 7.37. The van der Waals surface area contributed by atoms with E-state index >= 15 is 0 Å². The minimum Gasteiger partial charge on any atom is -0.455 e. The van der Waals surface area contributed by atoms with Gasteiger partial charge < -0.3 is 14.5 Å². The number of hydrogen-bond donors (Lipinski definition) is 2. The number of rotatable bonds is 7. The number of benzene rings is 1. The molecule has 0 bridgehead atoms. The average Bonchev–Trinajstić information content (AvgIpc) is 2.92. The summed E-state index contributed by atoms with van der Waals surface area (Å²) in [5.74, 6) is -0.521. The average molecular weight is 360 g/mol. The van der Waals surface area contributed by atoms with Crippen molar-refractivity contribution in [3.05, 3.63) is 30.0 Å². The summed E-state index contributed by atoms with van der Waals surface area (Å²) in [4.78, 5) is 27.7. The number of para-hydroxylation sites is 1. The van der Waals surface area contributed by atoms with Crippen LogP contribution in [0, 0.1) is 0 Å². The van der Waals surface area contributed by atoms with Gasteiger partial charge in [-0.2, -0.15) is 0 Å². The maximum atomic E-state index is 12.5. The van der Waals surface area contributed by atoms with Crippen molar-refractivity contribution in [3.63, 3.8) is 0 Å². The van der Waals surface area contributed by atoms with Crippen molar-refractivity contribution in [1.82, 2.24) is 4.98 Å². The molecular weight excluding hydrogens is 332 g/mol. The van der Waals surface area contributed by atoms with Crippen LogP contribution in [0.25, 0.3) is 10.9 Å². The molecule has 0 radical (unpaired) electrons. The third kappa shape index (κ3) is 5.51. The maximum Gasteiger partial charge on any atom is 0.411 e. The molecule has 1 amide bonds. The summed E-state index contributed by atoms with van der Waals surface area (Å²) in [5, 5.41) is 3.43. The SMILES string of the molecule is CCCCCCOC(=O)Nc1c(C(=O)OC(C)(C)C)[nH]c2ccccc12. The topological polar surface area (TPSA) is 80.4 Å². The number of fused-ring (bicyclic) bond motifs is 1. The molecule has 2 N–H and O–H groups in total. The van der Waals surface area contributed by atoms with E-state index in [-0.39, 0.29) is 5.69 Å². The zero-order chi connectivity index (χ0) is 19.2. The Morgan fingerprint density at radius 1 is 1.12 bits per heavy atom. The lowest BCUT2D eigenvalue weighted by molar-refractivity contribution is 0.00651. The molecule has 26 heavy (non-hydrogen) atoms. The van der Waals surface area contributed by atoms with Gasteiger partial charge in [-0.1, -0.05) is 44.4 Å². The Kier molecular flexibility index (Phi) is 6.66. The van der Waals surface area contributed by atoms with Crippen molar-refractivity contribution >= 4 is 28.7 Å². The number of aromatic nitrogens is 1. The van der Waals surface area contributed by atoms with E-state index in [1.54, 1.807) is 20.8 Å². The van der Waals surface area contributed by atoms with Gasteiger partial charge in [0.05, 0.1) is 12.3 Å². The van der Waals surface area contributed by atoms with E-state index in [1.807, 2.05) is 24.3 Å². The number of hydrogen-bond acceptors (Lipinski definition) is 4. The standard InChI is InChI=1S/C20H28N2O4/c1-5-6-7-10-13-25-19(24)22-16-14-11-8-9-12-15(14)21-17(16)18(23)26-20(2,3)4/h8-9,11-12,21H,5-7,10,13H2,1-4H3,(H,22,24). The van der Waals surface area contributed by atoms with Gasteiger partial charge >= 0.3 is 12.1 Å². The first-order valence-electron chi connectivity index (χ1n) is 9.09. The Morgan fingerprint density at radius 2 is 1.85 bits per heavy atom. The summed E-state index contributed by atoms with van der Waals surface area (Å²) in [6.07, 6.45) is 3.53. The van der Waals surface area contributed by atoms with Gasteiger partial charge in [0.15, 0.2) is 0 Å². The molecule has 0 saturated heterocycles. The van der Waals surface area contributed by atoms with Crippen molar-refractivity contribution in [2.75, 3.05) is 11.9 Å². The summed E-state index contributed by atoms with van der Waals surface area (Å²) < 4.78 is 10.7. The van der Waals surface area contributed by atoms with Crippen LogP contribution in [0.1, 0.15) is 63.9 Å². The molecule has 0 aliphatic carbocycles. The van der Waals surface area contributed by atoms with Crippen LogP contribution in [0.4, 0.5) is 10.5 Å². The third-order valence-corrected chi connectivity index (χ3v) is 3.77. The molecule has 1 aromatic carbocycles. The number of anilines is 1. The second-order valence-electron chi connectivity index (χ2n) is 7.24. The molecule has 6 heteroatoms. The normalized spacial score (nSPS) is 11.4. The van der Waals surface area contributed by atoms with Crippen LogP contribution < -0.4 is 5.32 Å². The van der Waals surface area contributed by atoms with E-state index in [0.717, 1.165) is 36.6 Å². The molecule has 2 rings (SSSR count). The first-order chi connectivity index (χ1) is 12.3. The highest BCUT2D eigenvalue weighted by atomic mass is 16.6. The Balaban J connectivity index is 2.15. The molecular formula is C20H28N2O4. The number of carbonyl (C=O) groups is 2. The molecule has 0 aliphatic rings. The summed E-state index contributed by atoms with van der Waals surface area (Å²) in [5.41, 5.74) is 0.704. The van der Waals surface area contributed by atoms with Crippen LogP contribution in [0.15, 0.2) is 24.3 Å². The Morgan fingerprint density at radius 3 is 2.54 bits per heavy atom. The molecule has 0 atom stereocenters. The summed E-state index contributed by atoms with van der Waals surface area (Å²) >= 11 is 0. The zero-order valence-electron chi connectivity index (χ0n) is 16.0. The number of H-pyrrole nitrogens is 1. The van der Waals surface area contributed by atoms with Crippen LogP contribution in [0.2, 0.25) is 0 Å². The lowest BCUT2D eigenvalue weighted by atomic mass is 10.2. The van der Waals surface area contributed by atoms with Crippen molar-refractivity contribution in [3.8, 4) is 0 Å². The summed E-state index contributed by atoms with van der Waals surface area (Å²) in [6.45, 7) is 7.88. The molecule has 0 aliphatic heterocycles. The van der Waals surface area contributed by atoms with Crippen LogP contribution in [0.5, 0.6) is 0 Å². The molecule has 142 valence electrons. The Bertz CT molecular complexity index is 759. The predicted molar refractivity (Wildman–Crippen MR) is 103 cm³/mol. The van der Waals surface area contributed by atoms with Gasteiger partial charge in [-0.15, -0.1) is 0 Å². The molecule has 1 heterocycles. The number of unbranched alkanes of at least 4 members (excludes halogenated alkanes) is 3. The first kappa shape index (κ1) is 19.8. The minimum atomic E-state index is -0.633. The van der Waals surface area contributed by atoms with Crippen molar-refractivity contribution in [1.29, 1.82) is 0 Å². The maximum absolute atomic E-state index is 12.5. The van der Waals surface area contributed by atoms with Gasteiger partial charge in [0.2, 0.25) is 0 Å². The fraction of sp³-hybridized carbons (Fsp3) is 0.500. The predicted octanol–water partition coefficient (Wildman–Crippen LogP) is 5.25. The fourth-order valence-electron chi connectivity index (χ4n) is 2.59. The van der Waals surface area contributed by atoms with Crippen LogP contribution in [-0.4, -0.2) is 29.3 Å². The van der Waals surface area contributed by atoms with Crippen molar-refractivity contribution in [2.24, 2.45) is 0 Å². The number of ether oxygens (including phenoxy) is 2. The van der Waals surface area contributed by atoms with Gasteiger partial charge in [0.25, 0.3) is 0 Å². The molecule has 2 aromatic rings. The van der Waals surface area contributed by atoms with Crippen molar-refractivity contribution in [2.45, 2.75) is 59.0 Å². The zero-order valence-corrected chi connectivity index (χ0v) is 16.0. The van der Waals surface area contributed by atoms with Gasteiger partial charge in [-0.3, -0.25) is 5.32 Å². The quantitative estimate of drug-likeness (QED) is 0.522. The summed E-state index contributed by atoms with van der Waals surface area (Å²) in [7, 11) is 0. The van der Waals surface area contributed by atoms with Gasteiger partial charge in [-0.05, 0) is 33.3 Å². The number of esters is 1. The van der Waals surface area contributed by atoms with Gasteiger partial charge in [0, 0.05) is 10.9 Å². The molecule has 6 nitrogen and oxygen atoms in total. The fourth-order valence-corrected chi connectivity index (χ4v) is 2.59. The molecule has 0 fully saturated rings. The van der Waals surface area contributed by atoms with E-state index in [4.69, 9.17) is 9.47 Å². The van der Waals surface area contributed by atoms with Crippen molar-refractivity contribution < 1.29 is 19.1 Å². The van der Waals surface area contributed by atoms with E-state index in [1.165, 1.54) is 0 Å². The molecule has 1 aromatic heterocycles. The number of carbonyl (C=O) groups excluding carboxylic acids is 2. The number of aromatic amines is 1. The highest BCUT2D eigenvalue weighted by Gasteiger charge is 2.25. The molecule has 0 unspecified atom stereocenters. The first-order valence-corrected chi connectivity index (χ1v) is 9.09. The second-order valence-corrected chi connectivity index (χ2v) is 7.24. The van der Waals surface area contributed by atoms with Gasteiger partial charge in [-0.25, -0.2) is 9.59 Å². The number of nitrogens with one attached hydrogen (secondary N) is 2. The second kappa shape index (κ2) is 8.74. The molecule has 0 spiro atoms. The van der Waals surface area contributed by atoms with Crippen LogP contribution in [0.3, 0.4) is 0 Å². The highest BCUT2D eigenvalue weighted by molar-refractivity contribution is 6.10. The van der Waals surface area contributed by atoms with Crippen LogP contribution >= 0.6 is 0 Å². The largest absolute Gasteiger partial charge is 0.455 e.